The van der Waals surface area contributed by atoms with Crippen LogP contribution in [-0.2, 0) is 14.6 Å². The first-order valence-electron chi connectivity index (χ1n) is 8.75. The van der Waals surface area contributed by atoms with Crippen LogP contribution in [0.2, 0.25) is 0 Å². The van der Waals surface area contributed by atoms with Crippen molar-refractivity contribution in [3.8, 4) is 0 Å². The zero-order chi connectivity index (χ0) is 18.0. The summed E-state index contributed by atoms with van der Waals surface area (Å²) < 4.78 is 25.1. The molecule has 1 atom stereocenters. The Morgan fingerprint density at radius 3 is 2.24 bits per heavy atom. The number of amides is 1. The Balaban J connectivity index is 1.73. The van der Waals surface area contributed by atoms with E-state index in [0.717, 1.165) is 12.8 Å². The van der Waals surface area contributed by atoms with E-state index in [1.54, 1.807) is 4.90 Å². The van der Waals surface area contributed by atoms with E-state index in [4.69, 9.17) is 5.11 Å². The molecule has 0 radical (unpaired) electrons. The molecule has 1 aliphatic carbocycles. The average Bonchev–Trinajstić information content (AvgIpc) is 3.17. The summed E-state index contributed by atoms with van der Waals surface area (Å²) in [5.41, 5.74) is 0.399. The molecule has 1 unspecified atom stereocenters. The van der Waals surface area contributed by atoms with Gasteiger partial charge in [0.1, 0.15) is 0 Å². The number of hydrogen-bond donors (Lipinski definition) is 1. The number of carboxylic acids is 1. The Bertz CT molecular complexity index is 750. The minimum Gasteiger partial charge on any atom is -0.481 e. The van der Waals surface area contributed by atoms with E-state index >= 15 is 0 Å². The predicted octanol–water partition coefficient (Wildman–Crippen LogP) is 2.34. The van der Waals surface area contributed by atoms with Gasteiger partial charge in [-0.15, -0.1) is 0 Å². The average molecular weight is 365 g/mol. The molecule has 7 heteroatoms. The number of nitrogens with zero attached hydrogens (tertiary/aromatic N) is 1. The number of carboxylic acid groups (broad SMARTS) is 1. The van der Waals surface area contributed by atoms with Crippen LogP contribution >= 0.6 is 0 Å². The summed E-state index contributed by atoms with van der Waals surface area (Å²) in [5, 5.41) is 8.82. The molecule has 1 N–H and O–H groups in total. The molecule has 1 aromatic rings. The van der Waals surface area contributed by atoms with Gasteiger partial charge >= 0.3 is 5.97 Å². The van der Waals surface area contributed by atoms with Crippen LogP contribution < -0.4 is 0 Å². The van der Waals surface area contributed by atoms with Gasteiger partial charge in [0.05, 0.1) is 16.1 Å². The molecule has 1 heterocycles. The first kappa shape index (κ1) is 17.9. The molecule has 3 rings (SSSR count). The van der Waals surface area contributed by atoms with Gasteiger partial charge in [-0.2, -0.15) is 0 Å². The van der Waals surface area contributed by atoms with Crippen molar-refractivity contribution < 1.29 is 23.1 Å². The van der Waals surface area contributed by atoms with E-state index in [9.17, 15) is 18.0 Å². The third kappa shape index (κ3) is 3.71. The van der Waals surface area contributed by atoms with Crippen molar-refractivity contribution >= 4 is 21.7 Å². The number of hydrogen-bond acceptors (Lipinski definition) is 4. The minimum absolute atomic E-state index is 0.205. The lowest BCUT2D eigenvalue weighted by atomic mass is 9.97. The molecule has 1 saturated heterocycles. The number of rotatable bonds is 4. The highest BCUT2D eigenvalue weighted by molar-refractivity contribution is 7.92. The second-order valence-electron chi connectivity index (χ2n) is 6.90. The van der Waals surface area contributed by atoms with Crippen molar-refractivity contribution in [2.45, 2.75) is 48.7 Å². The monoisotopic (exact) mass is 365 g/mol. The summed E-state index contributed by atoms with van der Waals surface area (Å²) >= 11 is 0. The van der Waals surface area contributed by atoms with E-state index in [2.05, 4.69) is 0 Å². The van der Waals surface area contributed by atoms with Gasteiger partial charge in [0.25, 0.3) is 5.91 Å². The van der Waals surface area contributed by atoms with Crippen LogP contribution in [0.25, 0.3) is 0 Å². The van der Waals surface area contributed by atoms with Gasteiger partial charge in [-0.25, -0.2) is 8.42 Å². The number of aliphatic carboxylic acids is 1. The van der Waals surface area contributed by atoms with E-state index in [1.165, 1.54) is 24.3 Å². The van der Waals surface area contributed by atoms with Crippen LogP contribution in [0.5, 0.6) is 0 Å². The lowest BCUT2D eigenvalue weighted by molar-refractivity contribution is -0.143. The van der Waals surface area contributed by atoms with Crippen LogP contribution in [0.15, 0.2) is 29.2 Å². The zero-order valence-corrected chi connectivity index (χ0v) is 14.9. The third-order valence-corrected chi connectivity index (χ3v) is 7.51. The zero-order valence-electron chi connectivity index (χ0n) is 14.1. The molecule has 0 bridgehead atoms. The minimum atomic E-state index is -3.33. The maximum atomic E-state index is 12.6. The van der Waals surface area contributed by atoms with Gasteiger partial charge in [-0.3, -0.25) is 9.59 Å². The van der Waals surface area contributed by atoms with Crippen molar-refractivity contribution in [2.75, 3.05) is 13.1 Å². The molecule has 1 saturated carbocycles. The van der Waals surface area contributed by atoms with Gasteiger partial charge in [0.2, 0.25) is 0 Å². The fraction of sp³-hybridized carbons (Fsp3) is 0.556. The number of carbonyl (C=O) groups is 2. The molecule has 1 aliphatic heterocycles. The molecule has 2 aliphatic rings. The highest BCUT2D eigenvalue weighted by atomic mass is 32.2. The Morgan fingerprint density at radius 1 is 1.00 bits per heavy atom. The number of sulfone groups is 1. The fourth-order valence-corrected chi connectivity index (χ4v) is 5.58. The number of benzene rings is 1. The van der Waals surface area contributed by atoms with Crippen LogP contribution in [0.3, 0.4) is 0 Å². The maximum absolute atomic E-state index is 12.6. The summed E-state index contributed by atoms with van der Waals surface area (Å²) in [5.74, 6) is -1.65. The maximum Gasteiger partial charge on any atom is 0.308 e. The predicted molar refractivity (Wildman–Crippen MR) is 92.1 cm³/mol. The van der Waals surface area contributed by atoms with Crippen molar-refractivity contribution in [1.29, 1.82) is 0 Å². The fourth-order valence-electron chi connectivity index (χ4n) is 3.72. The van der Waals surface area contributed by atoms with E-state index in [-0.39, 0.29) is 22.6 Å². The Morgan fingerprint density at radius 2 is 1.64 bits per heavy atom. The number of carbonyl (C=O) groups excluding carboxylic acids is 1. The Kier molecular flexibility index (Phi) is 5.13. The molecular weight excluding hydrogens is 342 g/mol. The van der Waals surface area contributed by atoms with E-state index in [0.29, 0.717) is 37.8 Å². The summed E-state index contributed by atoms with van der Waals surface area (Å²) in [7, 11) is -3.33. The van der Waals surface area contributed by atoms with E-state index < -0.39 is 21.7 Å². The number of piperidine rings is 1. The van der Waals surface area contributed by atoms with Crippen molar-refractivity contribution in [3.63, 3.8) is 0 Å². The quantitative estimate of drug-likeness (QED) is 0.884. The SMILES string of the molecule is O=C(O)C1CCCN(C(=O)c2ccc(S(=O)(=O)C3CCCC3)cc2)C1. The molecule has 0 aromatic heterocycles. The molecule has 1 aromatic carbocycles. The Labute approximate surface area is 147 Å². The van der Waals surface area contributed by atoms with Crippen LogP contribution in [0.4, 0.5) is 0 Å². The molecule has 6 nitrogen and oxygen atoms in total. The lowest BCUT2D eigenvalue weighted by Crippen LogP contribution is -2.42. The summed E-state index contributed by atoms with van der Waals surface area (Å²) in [6.07, 6.45) is 4.54. The van der Waals surface area contributed by atoms with Crippen LogP contribution in [0.1, 0.15) is 48.9 Å². The van der Waals surface area contributed by atoms with Crippen molar-refractivity contribution in [1.82, 2.24) is 4.90 Å². The highest BCUT2D eigenvalue weighted by Crippen LogP contribution is 2.30. The second-order valence-corrected chi connectivity index (χ2v) is 9.13. The molecule has 136 valence electrons. The smallest absolute Gasteiger partial charge is 0.308 e. The summed E-state index contributed by atoms with van der Waals surface area (Å²) in [6.45, 7) is 0.737. The molecule has 0 spiro atoms. The third-order valence-electron chi connectivity index (χ3n) is 5.23. The molecular formula is C18H23NO5S. The first-order chi connectivity index (χ1) is 11.9. The molecule has 25 heavy (non-hydrogen) atoms. The molecule has 1 amide bonds. The topological polar surface area (TPSA) is 91.8 Å². The van der Waals surface area contributed by atoms with Crippen LogP contribution in [0, 0.1) is 5.92 Å². The summed E-state index contributed by atoms with van der Waals surface area (Å²) in [6, 6.07) is 6.07. The second kappa shape index (κ2) is 7.15. The van der Waals surface area contributed by atoms with Gasteiger partial charge in [-0.05, 0) is 49.9 Å². The Hall–Kier alpha value is -1.89. The number of likely N-dealkylation sites (tertiary alicyclic amines) is 1. The molecule has 2 fully saturated rings. The van der Waals surface area contributed by atoms with E-state index in [1.807, 2.05) is 0 Å². The van der Waals surface area contributed by atoms with Gasteiger partial charge in [0.15, 0.2) is 9.84 Å². The standard InChI is InChI=1S/C18H23NO5S/c20-17(19-11-3-4-14(12-19)18(21)22)13-7-9-16(10-8-13)25(23,24)15-5-1-2-6-15/h7-10,14-15H,1-6,11-12H2,(H,21,22). The largest absolute Gasteiger partial charge is 0.481 e. The van der Waals surface area contributed by atoms with Crippen molar-refractivity contribution in [2.24, 2.45) is 5.92 Å². The van der Waals surface area contributed by atoms with Gasteiger partial charge in [-0.1, -0.05) is 12.8 Å². The summed E-state index contributed by atoms with van der Waals surface area (Å²) in [4.78, 5) is 25.5. The lowest BCUT2D eigenvalue weighted by Gasteiger charge is -2.30. The van der Waals surface area contributed by atoms with Gasteiger partial charge in [0, 0.05) is 18.7 Å². The normalized spacial score (nSPS) is 22.1. The first-order valence-corrected chi connectivity index (χ1v) is 10.3. The highest BCUT2D eigenvalue weighted by Gasteiger charge is 2.31. The van der Waals surface area contributed by atoms with Crippen LogP contribution in [-0.4, -0.2) is 48.6 Å². The van der Waals surface area contributed by atoms with Gasteiger partial charge < -0.3 is 10.0 Å². The van der Waals surface area contributed by atoms with Crippen molar-refractivity contribution in [3.05, 3.63) is 29.8 Å².